The molecule has 4 rings (SSSR count). The Bertz CT molecular complexity index is 985. The van der Waals surface area contributed by atoms with Gasteiger partial charge < -0.3 is 15.2 Å². The monoisotopic (exact) mass is 380 g/mol. The van der Waals surface area contributed by atoms with Crippen molar-refractivity contribution in [2.24, 2.45) is 0 Å². The van der Waals surface area contributed by atoms with Crippen LogP contribution in [0.2, 0.25) is 0 Å². The molecule has 1 aliphatic heterocycles. The molecule has 6 nitrogen and oxygen atoms in total. The number of nitrogens with zero attached hydrogens (tertiary/aromatic N) is 2. The topological polar surface area (TPSA) is 78.1 Å². The summed E-state index contributed by atoms with van der Waals surface area (Å²) in [6.07, 6.45) is 3.98. The Balaban J connectivity index is 1.55. The molecule has 7 heteroatoms. The van der Waals surface area contributed by atoms with Crippen LogP contribution in [0.5, 0.6) is 0 Å². The highest BCUT2D eigenvalue weighted by Crippen LogP contribution is 2.30. The lowest BCUT2D eigenvalue weighted by atomic mass is 10.2. The highest BCUT2D eigenvalue weighted by molar-refractivity contribution is 7.13. The van der Waals surface area contributed by atoms with Gasteiger partial charge in [-0.1, -0.05) is 12.1 Å². The largest absolute Gasteiger partial charge is 0.357 e. The second kappa shape index (κ2) is 7.36. The number of hydrogen-bond acceptors (Lipinski definition) is 4. The number of rotatable bonds is 4. The number of aromatic nitrogens is 2. The zero-order valence-corrected chi connectivity index (χ0v) is 15.8. The Hall–Kier alpha value is -2.93. The van der Waals surface area contributed by atoms with Gasteiger partial charge in [-0.05, 0) is 31.0 Å². The summed E-state index contributed by atoms with van der Waals surface area (Å²) in [5.41, 5.74) is 4.03. The molecule has 0 saturated carbocycles. The first-order valence-corrected chi connectivity index (χ1v) is 9.80. The van der Waals surface area contributed by atoms with Crippen LogP contribution in [0.4, 0.5) is 5.69 Å². The van der Waals surface area contributed by atoms with Crippen molar-refractivity contribution < 1.29 is 9.59 Å². The molecule has 1 aliphatic rings. The lowest BCUT2D eigenvalue weighted by molar-refractivity contribution is -0.114. The van der Waals surface area contributed by atoms with Crippen molar-refractivity contribution in [3.8, 4) is 21.8 Å². The normalized spacial score (nSPS) is 13.7. The summed E-state index contributed by atoms with van der Waals surface area (Å²) in [6, 6.07) is 9.48. The average Bonchev–Trinajstić information content (AvgIpc) is 3.41. The van der Waals surface area contributed by atoms with E-state index in [9.17, 15) is 9.59 Å². The summed E-state index contributed by atoms with van der Waals surface area (Å²) in [4.78, 5) is 33.4. The number of benzene rings is 1. The molecule has 2 aromatic heterocycles. The molecule has 0 atom stereocenters. The lowest BCUT2D eigenvalue weighted by Gasteiger charge is -2.13. The van der Waals surface area contributed by atoms with E-state index in [1.54, 1.807) is 0 Å². The zero-order valence-electron chi connectivity index (χ0n) is 15.0. The molecule has 3 aromatic rings. The Morgan fingerprint density at radius 2 is 2.00 bits per heavy atom. The Labute approximate surface area is 161 Å². The lowest BCUT2D eigenvalue weighted by Crippen LogP contribution is -2.27. The van der Waals surface area contributed by atoms with E-state index in [0.29, 0.717) is 5.69 Å². The molecule has 1 aromatic carbocycles. The molecule has 0 aliphatic carbocycles. The molecule has 27 heavy (non-hydrogen) atoms. The van der Waals surface area contributed by atoms with Crippen molar-refractivity contribution in [2.75, 3.05) is 18.4 Å². The summed E-state index contributed by atoms with van der Waals surface area (Å²) in [6.45, 7) is 3.15. The van der Waals surface area contributed by atoms with Gasteiger partial charge in [-0.3, -0.25) is 9.59 Å². The van der Waals surface area contributed by atoms with E-state index in [4.69, 9.17) is 4.98 Å². The third-order valence-corrected chi connectivity index (χ3v) is 5.43. The molecule has 1 saturated heterocycles. The summed E-state index contributed by atoms with van der Waals surface area (Å²) >= 11 is 1.53. The Morgan fingerprint density at radius 3 is 2.78 bits per heavy atom. The summed E-state index contributed by atoms with van der Waals surface area (Å²) in [5.74, 6) is -0.0493. The number of carbonyl (C=O) groups excluding carboxylic acids is 2. The molecule has 3 heterocycles. The van der Waals surface area contributed by atoms with Gasteiger partial charge in [0.1, 0.15) is 10.7 Å². The molecule has 0 radical (unpaired) electrons. The van der Waals surface area contributed by atoms with Gasteiger partial charge in [0.15, 0.2) is 0 Å². The van der Waals surface area contributed by atoms with Gasteiger partial charge in [-0.15, -0.1) is 11.3 Å². The van der Waals surface area contributed by atoms with Gasteiger partial charge in [-0.25, -0.2) is 4.98 Å². The van der Waals surface area contributed by atoms with Gasteiger partial charge in [0.2, 0.25) is 5.91 Å². The standard InChI is InChI=1S/C20H20N4O2S/c1-13(25)22-16-6-4-5-14(9-16)19-23-18(12-27-19)15-10-17(21-11-15)20(26)24-7-2-3-8-24/h4-6,9-12,21H,2-3,7-8H2,1H3,(H,22,25). The minimum Gasteiger partial charge on any atom is -0.357 e. The maximum Gasteiger partial charge on any atom is 0.270 e. The van der Waals surface area contributed by atoms with Gasteiger partial charge in [0.25, 0.3) is 5.91 Å². The van der Waals surface area contributed by atoms with Crippen molar-refractivity contribution in [1.29, 1.82) is 0 Å². The number of H-pyrrole nitrogens is 1. The van der Waals surface area contributed by atoms with Crippen molar-refractivity contribution in [1.82, 2.24) is 14.9 Å². The SMILES string of the molecule is CC(=O)Nc1cccc(-c2nc(-c3c[nH]c(C(=O)N4CCCC4)c3)cs2)c1. The van der Waals surface area contributed by atoms with E-state index in [2.05, 4.69) is 10.3 Å². The van der Waals surface area contributed by atoms with Gasteiger partial charge >= 0.3 is 0 Å². The van der Waals surface area contributed by atoms with Crippen LogP contribution in [0.1, 0.15) is 30.3 Å². The van der Waals surface area contributed by atoms with Crippen LogP contribution in [0, 0.1) is 0 Å². The number of thiazole rings is 1. The number of carbonyl (C=O) groups is 2. The van der Waals surface area contributed by atoms with Crippen LogP contribution in [0.25, 0.3) is 21.8 Å². The van der Waals surface area contributed by atoms with Crippen molar-refractivity contribution >= 4 is 28.8 Å². The van der Waals surface area contributed by atoms with E-state index in [1.165, 1.54) is 18.3 Å². The predicted octanol–water partition coefficient (Wildman–Crippen LogP) is 4.00. The molecule has 2 amide bonds. The minimum absolute atomic E-state index is 0.0530. The first-order chi connectivity index (χ1) is 13.1. The van der Waals surface area contributed by atoms with E-state index >= 15 is 0 Å². The minimum atomic E-state index is -0.102. The predicted molar refractivity (Wildman–Crippen MR) is 107 cm³/mol. The van der Waals surface area contributed by atoms with E-state index in [0.717, 1.165) is 53.4 Å². The van der Waals surface area contributed by atoms with Crippen LogP contribution in [0.3, 0.4) is 0 Å². The van der Waals surface area contributed by atoms with E-state index < -0.39 is 0 Å². The summed E-state index contributed by atoms with van der Waals surface area (Å²) in [5, 5.41) is 5.63. The number of nitrogens with one attached hydrogen (secondary N) is 2. The van der Waals surface area contributed by atoms with Crippen LogP contribution in [0.15, 0.2) is 41.9 Å². The maximum absolute atomic E-state index is 12.5. The van der Waals surface area contributed by atoms with E-state index in [-0.39, 0.29) is 11.8 Å². The van der Waals surface area contributed by atoms with Crippen LogP contribution >= 0.6 is 11.3 Å². The van der Waals surface area contributed by atoms with E-state index in [1.807, 2.05) is 46.8 Å². The Morgan fingerprint density at radius 1 is 1.19 bits per heavy atom. The number of likely N-dealkylation sites (tertiary alicyclic amines) is 1. The molecule has 0 unspecified atom stereocenters. The van der Waals surface area contributed by atoms with Crippen molar-refractivity contribution in [3.05, 3.63) is 47.6 Å². The summed E-state index contributed by atoms with van der Waals surface area (Å²) in [7, 11) is 0. The number of amides is 2. The molecule has 0 spiro atoms. The molecular weight excluding hydrogens is 360 g/mol. The fraction of sp³-hybridized carbons (Fsp3) is 0.250. The number of hydrogen-bond donors (Lipinski definition) is 2. The van der Waals surface area contributed by atoms with Crippen LogP contribution < -0.4 is 5.32 Å². The first kappa shape index (κ1) is 17.5. The number of aromatic amines is 1. The second-order valence-electron chi connectivity index (χ2n) is 6.60. The highest BCUT2D eigenvalue weighted by Gasteiger charge is 2.21. The number of anilines is 1. The zero-order chi connectivity index (χ0) is 18.8. The molecular formula is C20H20N4O2S. The van der Waals surface area contributed by atoms with Gasteiger partial charge in [0, 0.05) is 48.4 Å². The molecule has 0 bridgehead atoms. The molecule has 1 fully saturated rings. The third-order valence-electron chi connectivity index (χ3n) is 4.54. The smallest absolute Gasteiger partial charge is 0.270 e. The fourth-order valence-electron chi connectivity index (χ4n) is 3.23. The first-order valence-electron chi connectivity index (χ1n) is 8.92. The van der Waals surface area contributed by atoms with Crippen LogP contribution in [-0.4, -0.2) is 39.8 Å². The van der Waals surface area contributed by atoms with Crippen LogP contribution in [-0.2, 0) is 4.79 Å². The average molecular weight is 380 g/mol. The van der Waals surface area contributed by atoms with Crippen molar-refractivity contribution in [3.63, 3.8) is 0 Å². The maximum atomic E-state index is 12.5. The quantitative estimate of drug-likeness (QED) is 0.718. The molecule has 2 N–H and O–H groups in total. The third kappa shape index (κ3) is 3.78. The summed E-state index contributed by atoms with van der Waals surface area (Å²) < 4.78 is 0. The highest BCUT2D eigenvalue weighted by atomic mass is 32.1. The van der Waals surface area contributed by atoms with Crippen molar-refractivity contribution in [2.45, 2.75) is 19.8 Å². The Kier molecular flexibility index (Phi) is 4.77. The van der Waals surface area contributed by atoms with Gasteiger partial charge in [0.05, 0.1) is 5.69 Å². The van der Waals surface area contributed by atoms with Gasteiger partial charge in [-0.2, -0.15) is 0 Å². The molecule has 138 valence electrons. The fourth-order valence-corrected chi connectivity index (χ4v) is 4.05. The second-order valence-corrected chi connectivity index (χ2v) is 7.46.